The van der Waals surface area contributed by atoms with E-state index in [1.165, 1.54) is 0 Å². The molecular weight excluding hydrogens is 703 g/mol. The second kappa shape index (κ2) is 12.3. The lowest BCUT2D eigenvalue weighted by Gasteiger charge is -2.10. The molecular formula is C51H29N3O3. The van der Waals surface area contributed by atoms with Gasteiger partial charge in [0.25, 0.3) is 0 Å². The first-order chi connectivity index (χ1) is 28.2. The van der Waals surface area contributed by atoms with E-state index in [1.54, 1.807) is 0 Å². The minimum atomic E-state index is 0.529. The van der Waals surface area contributed by atoms with E-state index in [1.807, 2.05) is 91.0 Å². The summed E-state index contributed by atoms with van der Waals surface area (Å²) < 4.78 is 19.5. The molecule has 0 saturated heterocycles. The molecule has 266 valence electrons. The summed E-state index contributed by atoms with van der Waals surface area (Å²) in [5, 5.41) is 6.11. The van der Waals surface area contributed by atoms with Crippen molar-refractivity contribution in [1.82, 2.24) is 15.0 Å². The van der Waals surface area contributed by atoms with Crippen LogP contribution in [0.3, 0.4) is 0 Å². The molecule has 6 heteroatoms. The maximum absolute atomic E-state index is 6.56. The fourth-order valence-corrected chi connectivity index (χ4v) is 8.32. The molecule has 0 radical (unpaired) electrons. The Morgan fingerprint density at radius 1 is 0.281 bits per heavy atom. The average Bonchev–Trinajstić information content (AvgIpc) is 3.97. The second-order valence-corrected chi connectivity index (χ2v) is 14.3. The standard InChI is InChI=1S/C51H29N3O3/c1-3-13-30(14-4-1)33-28-39(46-36-18-8-10-23-42(36)56-45(46)29-33)32-25-26-43-40(27-32)47-37(20-12-24-44(47)55-43)50-52-49(31-15-5-2-6-16-31)53-51(54-50)38-21-11-19-35-34-17-7-9-22-41(34)57-48(35)38/h1-29H. The third kappa shape index (κ3) is 5.01. The van der Waals surface area contributed by atoms with Crippen molar-refractivity contribution < 1.29 is 13.3 Å². The van der Waals surface area contributed by atoms with Gasteiger partial charge in [0, 0.05) is 43.4 Å². The summed E-state index contributed by atoms with van der Waals surface area (Å²) in [6, 6.07) is 59.8. The van der Waals surface area contributed by atoms with E-state index < -0.39 is 0 Å². The zero-order valence-corrected chi connectivity index (χ0v) is 30.3. The van der Waals surface area contributed by atoms with Gasteiger partial charge in [-0.2, -0.15) is 0 Å². The van der Waals surface area contributed by atoms with Gasteiger partial charge in [0.1, 0.15) is 33.5 Å². The molecule has 4 aromatic heterocycles. The molecule has 12 aromatic rings. The molecule has 0 fully saturated rings. The van der Waals surface area contributed by atoms with Crippen LogP contribution in [0.25, 0.3) is 122 Å². The molecule has 57 heavy (non-hydrogen) atoms. The molecule has 0 N–H and O–H groups in total. The number of furan rings is 3. The number of aromatic nitrogens is 3. The number of hydrogen-bond donors (Lipinski definition) is 0. The van der Waals surface area contributed by atoms with Gasteiger partial charge in [0.15, 0.2) is 17.5 Å². The quantitative estimate of drug-likeness (QED) is 0.175. The lowest BCUT2D eigenvalue weighted by atomic mass is 9.93. The number of rotatable bonds is 5. The van der Waals surface area contributed by atoms with E-state index in [-0.39, 0.29) is 0 Å². The van der Waals surface area contributed by atoms with Gasteiger partial charge in [-0.25, -0.2) is 15.0 Å². The first-order valence-electron chi connectivity index (χ1n) is 18.9. The minimum Gasteiger partial charge on any atom is -0.456 e. The first-order valence-corrected chi connectivity index (χ1v) is 18.9. The first kappa shape index (κ1) is 31.5. The van der Waals surface area contributed by atoms with Gasteiger partial charge in [0.2, 0.25) is 0 Å². The summed E-state index contributed by atoms with van der Waals surface area (Å²) in [7, 11) is 0. The highest BCUT2D eigenvalue weighted by Gasteiger charge is 2.22. The number of para-hydroxylation sites is 3. The Morgan fingerprint density at radius 2 is 0.860 bits per heavy atom. The Morgan fingerprint density at radius 3 is 1.68 bits per heavy atom. The molecule has 12 rings (SSSR count). The van der Waals surface area contributed by atoms with E-state index in [2.05, 4.69) is 84.9 Å². The van der Waals surface area contributed by atoms with E-state index in [0.717, 1.165) is 105 Å². The Balaban J connectivity index is 1.10. The lowest BCUT2D eigenvalue weighted by Crippen LogP contribution is -2.00. The van der Waals surface area contributed by atoms with Crippen molar-refractivity contribution in [1.29, 1.82) is 0 Å². The van der Waals surface area contributed by atoms with Crippen LogP contribution in [0.15, 0.2) is 189 Å². The van der Waals surface area contributed by atoms with Crippen molar-refractivity contribution in [3.8, 4) is 56.4 Å². The molecule has 0 saturated carbocycles. The largest absolute Gasteiger partial charge is 0.456 e. The zero-order valence-electron chi connectivity index (χ0n) is 30.3. The minimum absolute atomic E-state index is 0.529. The van der Waals surface area contributed by atoms with Crippen molar-refractivity contribution in [2.24, 2.45) is 0 Å². The third-order valence-corrected chi connectivity index (χ3v) is 10.9. The van der Waals surface area contributed by atoms with Crippen molar-refractivity contribution in [3.63, 3.8) is 0 Å². The van der Waals surface area contributed by atoms with E-state index in [9.17, 15) is 0 Å². The SMILES string of the molecule is c1ccc(-c2cc(-c3ccc4oc5cccc(-c6nc(-c7ccccc7)nc(-c7cccc8c7oc7ccccc78)n6)c5c4c3)c3c(c2)oc2ccccc23)cc1. The van der Waals surface area contributed by atoms with Crippen molar-refractivity contribution in [3.05, 3.63) is 176 Å². The van der Waals surface area contributed by atoms with Crippen molar-refractivity contribution in [2.45, 2.75) is 0 Å². The summed E-state index contributed by atoms with van der Waals surface area (Å²) in [6.07, 6.45) is 0. The highest BCUT2D eigenvalue weighted by molar-refractivity contribution is 6.17. The number of hydrogen-bond acceptors (Lipinski definition) is 6. The normalized spacial score (nSPS) is 11.9. The molecule has 4 heterocycles. The van der Waals surface area contributed by atoms with Crippen LogP contribution in [0.1, 0.15) is 0 Å². The van der Waals surface area contributed by atoms with Crippen LogP contribution in [0.2, 0.25) is 0 Å². The monoisotopic (exact) mass is 731 g/mol. The predicted octanol–water partition coefficient (Wildman–Crippen LogP) is 13.9. The topological polar surface area (TPSA) is 78.1 Å². The van der Waals surface area contributed by atoms with Gasteiger partial charge in [-0.3, -0.25) is 0 Å². The van der Waals surface area contributed by atoms with Gasteiger partial charge in [0.05, 0.1) is 5.56 Å². The van der Waals surface area contributed by atoms with Gasteiger partial charge >= 0.3 is 0 Å². The molecule has 0 unspecified atom stereocenters. The molecule has 0 atom stereocenters. The summed E-state index contributed by atoms with van der Waals surface area (Å²) in [4.78, 5) is 15.4. The zero-order chi connectivity index (χ0) is 37.5. The van der Waals surface area contributed by atoms with Crippen LogP contribution in [0.4, 0.5) is 0 Å². The molecule has 0 bridgehead atoms. The summed E-state index contributed by atoms with van der Waals surface area (Å²) in [5.74, 6) is 1.64. The molecule has 0 aliphatic carbocycles. The van der Waals surface area contributed by atoms with Crippen molar-refractivity contribution >= 4 is 65.8 Å². The summed E-state index contributed by atoms with van der Waals surface area (Å²) >= 11 is 0. The lowest BCUT2D eigenvalue weighted by molar-refractivity contribution is 0.668. The average molecular weight is 732 g/mol. The van der Waals surface area contributed by atoms with Gasteiger partial charge < -0.3 is 13.3 Å². The molecule has 0 spiro atoms. The third-order valence-electron chi connectivity index (χ3n) is 10.9. The smallest absolute Gasteiger partial charge is 0.167 e. The molecule has 0 aliphatic rings. The molecule has 0 amide bonds. The fraction of sp³-hybridized carbons (Fsp3) is 0. The Hall–Kier alpha value is -7.83. The number of fused-ring (bicyclic) bond motifs is 9. The van der Waals surface area contributed by atoms with Gasteiger partial charge in [-0.15, -0.1) is 0 Å². The molecule has 6 nitrogen and oxygen atoms in total. The van der Waals surface area contributed by atoms with Gasteiger partial charge in [-0.1, -0.05) is 127 Å². The van der Waals surface area contributed by atoms with Gasteiger partial charge in [-0.05, 0) is 70.8 Å². The van der Waals surface area contributed by atoms with Crippen LogP contribution in [0.5, 0.6) is 0 Å². The van der Waals surface area contributed by atoms with Crippen LogP contribution in [0, 0.1) is 0 Å². The Kier molecular flexibility index (Phi) is 6.83. The summed E-state index contributed by atoms with van der Waals surface area (Å²) in [5.41, 5.74) is 11.6. The maximum atomic E-state index is 6.56. The van der Waals surface area contributed by atoms with Crippen LogP contribution in [-0.2, 0) is 0 Å². The molecule has 0 aliphatic heterocycles. The van der Waals surface area contributed by atoms with E-state index in [0.29, 0.717) is 17.5 Å². The number of nitrogens with zero attached hydrogens (tertiary/aromatic N) is 3. The Labute approximate surface area is 325 Å². The summed E-state index contributed by atoms with van der Waals surface area (Å²) in [6.45, 7) is 0. The van der Waals surface area contributed by atoms with E-state index in [4.69, 9.17) is 28.2 Å². The van der Waals surface area contributed by atoms with E-state index >= 15 is 0 Å². The van der Waals surface area contributed by atoms with Crippen molar-refractivity contribution in [2.75, 3.05) is 0 Å². The number of benzene rings is 8. The Bertz CT molecular complexity index is 3530. The van der Waals surface area contributed by atoms with Crippen LogP contribution in [-0.4, -0.2) is 15.0 Å². The highest BCUT2D eigenvalue weighted by Crippen LogP contribution is 2.43. The second-order valence-electron chi connectivity index (χ2n) is 14.3. The van der Waals surface area contributed by atoms with Crippen LogP contribution < -0.4 is 0 Å². The predicted molar refractivity (Wildman–Crippen MR) is 229 cm³/mol. The maximum Gasteiger partial charge on any atom is 0.167 e. The van der Waals surface area contributed by atoms with Crippen LogP contribution >= 0.6 is 0 Å². The molecule has 8 aromatic carbocycles. The fourth-order valence-electron chi connectivity index (χ4n) is 8.32. The highest BCUT2D eigenvalue weighted by atomic mass is 16.3.